The number of rotatable bonds is 4. The molecule has 1 aliphatic heterocycles. The Morgan fingerprint density at radius 3 is 1.36 bits per heavy atom. The van der Waals surface area contributed by atoms with E-state index in [2.05, 4.69) is 31.1 Å². The molecule has 8 nitrogen and oxygen atoms in total. The van der Waals surface area contributed by atoms with Crippen LogP contribution in [0.15, 0.2) is 0 Å². The van der Waals surface area contributed by atoms with E-state index < -0.39 is 0 Å². The molecule has 4 N–H and O–H groups in total. The van der Waals surface area contributed by atoms with Gasteiger partial charge in [-0.3, -0.25) is 19.4 Å². The van der Waals surface area contributed by atoms with Gasteiger partial charge in [-0.15, -0.1) is 0 Å². The number of hydrogen-bond donors (Lipinski definition) is 4. The fourth-order valence-electron chi connectivity index (χ4n) is 2.30. The number of carbonyl (C=O) groups is 2. The average Bonchev–Trinajstić information content (AvgIpc) is 2.51. The van der Waals surface area contributed by atoms with Crippen molar-refractivity contribution in [3.8, 4) is 0 Å². The summed E-state index contributed by atoms with van der Waals surface area (Å²) in [5, 5.41) is 12.1. The summed E-state index contributed by atoms with van der Waals surface area (Å²) in [6, 6.07) is 0. The Kier molecular flexibility index (Phi) is 9.72. The summed E-state index contributed by atoms with van der Waals surface area (Å²) in [7, 11) is 3.33. The molecule has 0 aromatic heterocycles. The fourth-order valence-corrected chi connectivity index (χ4v) is 2.30. The standard InChI is InChI=1S/C14H30N6O2/c1-15-13(21)11-19-7-3-17-5-9-20(12-14(22)16-2)10-6-18-4-8-19/h17-18H,3-12H2,1-2H3,(H,15,21)(H,16,22). The third kappa shape index (κ3) is 8.28. The van der Waals surface area contributed by atoms with E-state index in [4.69, 9.17) is 0 Å². The second-order valence-electron chi connectivity index (χ2n) is 5.40. The van der Waals surface area contributed by atoms with E-state index in [1.807, 2.05) is 0 Å². The number of hydrogen-bond acceptors (Lipinski definition) is 6. The van der Waals surface area contributed by atoms with E-state index in [-0.39, 0.29) is 11.8 Å². The first kappa shape index (κ1) is 18.8. The van der Waals surface area contributed by atoms with Crippen LogP contribution in [0, 0.1) is 0 Å². The number of carbonyl (C=O) groups excluding carboxylic acids is 2. The van der Waals surface area contributed by atoms with Crippen LogP contribution in [0.1, 0.15) is 0 Å². The van der Waals surface area contributed by atoms with Crippen LogP contribution in [-0.4, -0.2) is 101 Å². The Morgan fingerprint density at radius 2 is 1.09 bits per heavy atom. The van der Waals surface area contributed by atoms with E-state index in [1.54, 1.807) is 14.1 Å². The number of amides is 2. The molecule has 22 heavy (non-hydrogen) atoms. The molecular weight excluding hydrogens is 284 g/mol. The minimum atomic E-state index is 0.0452. The molecule has 0 spiro atoms. The first-order chi connectivity index (χ1) is 10.7. The van der Waals surface area contributed by atoms with Crippen LogP contribution in [0.5, 0.6) is 0 Å². The van der Waals surface area contributed by atoms with Crippen LogP contribution in [-0.2, 0) is 9.59 Å². The smallest absolute Gasteiger partial charge is 0.233 e. The summed E-state index contributed by atoms with van der Waals surface area (Å²) >= 11 is 0. The lowest BCUT2D eigenvalue weighted by Crippen LogP contribution is -2.47. The molecule has 1 saturated heterocycles. The van der Waals surface area contributed by atoms with Crippen molar-refractivity contribution >= 4 is 11.8 Å². The van der Waals surface area contributed by atoms with Gasteiger partial charge in [0.25, 0.3) is 0 Å². The third-order valence-corrected chi connectivity index (χ3v) is 3.71. The topological polar surface area (TPSA) is 88.7 Å². The Bertz CT molecular complexity index is 295. The molecule has 0 aromatic carbocycles. The van der Waals surface area contributed by atoms with Gasteiger partial charge in [-0.2, -0.15) is 0 Å². The molecule has 0 atom stereocenters. The zero-order valence-corrected chi connectivity index (χ0v) is 13.8. The predicted molar refractivity (Wildman–Crippen MR) is 86.8 cm³/mol. The normalized spacial score (nSPS) is 19.7. The van der Waals surface area contributed by atoms with Gasteiger partial charge in [0, 0.05) is 66.5 Å². The van der Waals surface area contributed by atoms with Gasteiger partial charge in [0.2, 0.25) is 11.8 Å². The highest BCUT2D eigenvalue weighted by molar-refractivity contribution is 5.78. The van der Waals surface area contributed by atoms with Crippen molar-refractivity contribution in [3.05, 3.63) is 0 Å². The molecule has 1 aliphatic rings. The average molecular weight is 314 g/mol. The molecule has 1 rings (SSSR count). The largest absolute Gasteiger partial charge is 0.358 e. The minimum Gasteiger partial charge on any atom is -0.358 e. The molecule has 0 unspecified atom stereocenters. The molecule has 1 fully saturated rings. The van der Waals surface area contributed by atoms with E-state index >= 15 is 0 Å². The second kappa shape index (κ2) is 11.4. The number of nitrogens with one attached hydrogen (secondary N) is 4. The molecule has 0 aliphatic carbocycles. The summed E-state index contributed by atoms with van der Waals surface area (Å²) in [5.74, 6) is 0.0905. The van der Waals surface area contributed by atoms with E-state index in [9.17, 15) is 9.59 Å². The highest BCUT2D eigenvalue weighted by Gasteiger charge is 2.12. The fraction of sp³-hybridized carbons (Fsp3) is 0.857. The maximum Gasteiger partial charge on any atom is 0.233 e. The second-order valence-corrected chi connectivity index (χ2v) is 5.40. The lowest BCUT2D eigenvalue weighted by Gasteiger charge is -2.26. The zero-order valence-electron chi connectivity index (χ0n) is 13.8. The Hall–Kier alpha value is -1.22. The molecule has 8 heteroatoms. The third-order valence-electron chi connectivity index (χ3n) is 3.71. The van der Waals surface area contributed by atoms with Crippen molar-refractivity contribution in [1.82, 2.24) is 31.1 Å². The van der Waals surface area contributed by atoms with Crippen molar-refractivity contribution in [2.24, 2.45) is 0 Å². The van der Waals surface area contributed by atoms with Gasteiger partial charge in [0.1, 0.15) is 0 Å². The number of nitrogens with zero attached hydrogens (tertiary/aromatic N) is 2. The quantitative estimate of drug-likeness (QED) is 0.451. The number of likely N-dealkylation sites (N-methyl/N-ethyl adjacent to an activating group) is 2. The van der Waals surface area contributed by atoms with Gasteiger partial charge in [0.15, 0.2) is 0 Å². The molecular formula is C14H30N6O2. The molecule has 0 saturated carbocycles. The van der Waals surface area contributed by atoms with Crippen molar-refractivity contribution < 1.29 is 9.59 Å². The van der Waals surface area contributed by atoms with Crippen LogP contribution in [0.2, 0.25) is 0 Å². The van der Waals surface area contributed by atoms with Crippen LogP contribution in [0.25, 0.3) is 0 Å². The lowest BCUT2D eigenvalue weighted by molar-refractivity contribution is -0.122. The molecule has 0 aromatic rings. The first-order valence-corrected chi connectivity index (χ1v) is 7.93. The monoisotopic (exact) mass is 314 g/mol. The van der Waals surface area contributed by atoms with Crippen LogP contribution in [0.4, 0.5) is 0 Å². The maximum atomic E-state index is 11.5. The van der Waals surface area contributed by atoms with Crippen molar-refractivity contribution in [2.45, 2.75) is 0 Å². The van der Waals surface area contributed by atoms with Gasteiger partial charge >= 0.3 is 0 Å². The molecule has 0 bridgehead atoms. The van der Waals surface area contributed by atoms with Crippen molar-refractivity contribution in [3.63, 3.8) is 0 Å². The van der Waals surface area contributed by atoms with Crippen molar-refractivity contribution in [1.29, 1.82) is 0 Å². The Balaban J connectivity index is 2.39. The minimum absolute atomic E-state index is 0.0452. The maximum absolute atomic E-state index is 11.5. The van der Waals surface area contributed by atoms with E-state index in [1.165, 1.54) is 0 Å². The summed E-state index contributed by atoms with van der Waals surface area (Å²) < 4.78 is 0. The lowest BCUT2D eigenvalue weighted by atomic mass is 10.3. The summed E-state index contributed by atoms with van der Waals surface area (Å²) in [6.45, 7) is 7.57. The highest BCUT2D eigenvalue weighted by atomic mass is 16.2. The van der Waals surface area contributed by atoms with Crippen LogP contribution < -0.4 is 21.3 Å². The van der Waals surface area contributed by atoms with Gasteiger partial charge in [-0.25, -0.2) is 0 Å². The van der Waals surface area contributed by atoms with Crippen molar-refractivity contribution in [2.75, 3.05) is 79.5 Å². The van der Waals surface area contributed by atoms with Crippen LogP contribution in [0.3, 0.4) is 0 Å². The summed E-state index contributed by atoms with van der Waals surface area (Å²) in [5.41, 5.74) is 0. The van der Waals surface area contributed by atoms with Gasteiger partial charge in [0.05, 0.1) is 13.1 Å². The molecule has 0 radical (unpaired) electrons. The zero-order chi connectivity index (χ0) is 16.2. The van der Waals surface area contributed by atoms with Gasteiger partial charge < -0.3 is 21.3 Å². The molecule has 128 valence electrons. The predicted octanol–water partition coefficient (Wildman–Crippen LogP) is -2.72. The summed E-state index contributed by atoms with van der Waals surface area (Å²) in [4.78, 5) is 27.3. The SMILES string of the molecule is CNC(=O)CN1CCNCCN(CC(=O)NC)CCNCC1. The highest BCUT2D eigenvalue weighted by Crippen LogP contribution is 1.90. The summed E-state index contributed by atoms with van der Waals surface area (Å²) in [6.07, 6.45) is 0. The van der Waals surface area contributed by atoms with E-state index in [0.717, 1.165) is 52.4 Å². The van der Waals surface area contributed by atoms with Gasteiger partial charge in [-0.05, 0) is 0 Å². The molecule has 2 amide bonds. The molecule has 1 heterocycles. The van der Waals surface area contributed by atoms with Gasteiger partial charge in [-0.1, -0.05) is 0 Å². The van der Waals surface area contributed by atoms with E-state index in [0.29, 0.717) is 13.1 Å². The first-order valence-electron chi connectivity index (χ1n) is 7.93. The Morgan fingerprint density at radius 1 is 0.773 bits per heavy atom. The van der Waals surface area contributed by atoms with Crippen LogP contribution >= 0.6 is 0 Å². The Labute approximate surface area is 133 Å².